The zero-order valence-electron chi connectivity index (χ0n) is 11.4. The van der Waals surface area contributed by atoms with E-state index in [4.69, 9.17) is 0 Å². The number of nitrogens with one attached hydrogen (secondary N) is 1. The van der Waals surface area contributed by atoms with Crippen LogP contribution in [0.25, 0.3) is 0 Å². The Balaban J connectivity index is 2.75. The standard InChI is InChI=1S/C14H19BrFNOS/c1-4-14(5-2,19-3)9-17-13(18)11-7-6-10(15)8-12(11)16/h6-8H,4-5,9H2,1-3H3,(H,17,18). The minimum Gasteiger partial charge on any atom is -0.351 e. The van der Waals surface area contributed by atoms with Crippen LogP contribution in [0.3, 0.4) is 0 Å². The lowest BCUT2D eigenvalue weighted by Gasteiger charge is -2.29. The first-order valence-electron chi connectivity index (χ1n) is 6.26. The van der Waals surface area contributed by atoms with Gasteiger partial charge in [0, 0.05) is 15.8 Å². The van der Waals surface area contributed by atoms with E-state index in [1.54, 1.807) is 17.8 Å². The zero-order chi connectivity index (χ0) is 14.5. The van der Waals surface area contributed by atoms with Crippen molar-refractivity contribution in [3.05, 3.63) is 34.1 Å². The molecule has 0 aliphatic carbocycles. The van der Waals surface area contributed by atoms with Crippen LogP contribution >= 0.6 is 27.7 Å². The molecule has 1 rings (SSSR count). The fourth-order valence-electron chi connectivity index (χ4n) is 1.87. The second-order valence-corrected chi connectivity index (χ2v) is 6.59. The maximum atomic E-state index is 13.7. The van der Waals surface area contributed by atoms with Crippen molar-refractivity contribution in [2.24, 2.45) is 0 Å². The van der Waals surface area contributed by atoms with Crippen LogP contribution < -0.4 is 5.32 Å². The number of hydrogen-bond donors (Lipinski definition) is 1. The van der Waals surface area contributed by atoms with E-state index in [9.17, 15) is 9.18 Å². The lowest BCUT2D eigenvalue weighted by Crippen LogP contribution is -2.39. The van der Waals surface area contributed by atoms with Gasteiger partial charge in [-0.25, -0.2) is 4.39 Å². The number of carbonyl (C=O) groups is 1. The monoisotopic (exact) mass is 347 g/mol. The predicted octanol–water partition coefficient (Wildman–Crippen LogP) is 4.24. The Labute approximate surface area is 126 Å². The summed E-state index contributed by atoms with van der Waals surface area (Å²) < 4.78 is 14.3. The maximum absolute atomic E-state index is 13.7. The Kier molecular flexibility index (Phi) is 6.33. The molecule has 1 N–H and O–H groups in total. The third kappa shape index (κ3) is 4.21. The van der Waals surface area contributed by atoms with E-state index in [1.165, 1.54) is 12.1 Å². The molecule has 0 aliphatic heterocycles. The molecule has 106 valence electrons. The average Bonchev–Trinajstić information content (AvgIpc) is 2.40. The smallest absolute Gasteiger partial charge is 0.254 e. The lowest BCUT2D eigenvalue weighted by molar-refractivity contribution is 0.0945. The van der Waals surface area contributed by atoms with Crippen molar-refractivity contribution in [3.63, 3.8) is 0 Å². The summed E-state index contributed by atoms with van der Waals surface area (Å²) in [5.41, 5.74) is 0.0883. The van der Waals surface area contributed by atoms with E-state index < -0.39 is 5.82 Å². The molecule has 0 saturated carbocycles. The van der Waals surface area contributed by atoms with E-state index in [-0.39, 0.29) is 16.2 Å². The topological polar surface area (TPSA) is 29.1 Å². The number of benzene rings is 1. The van der Waals surface area contributed by atoms with Gasteiger partial charge < -0.3 is 5.32 Å². The molecule has 0 unspecified atom stereocenters. The molecule has 0 bridgehead atoms. The van der Waals surface area contributed by atoms with Crippen LogP contribution in [-0.4, -0.2) is 23.5 Å². The molecule has 0 aromatic heterocycles. The number of hydrogen-bond acceptors (Lipinski definition) is 2. The van der Waals surface area contributed by atoms with Gasteiger partial charge in [-0.2, -0.15) is 11.8 Å². The van der Waals surface area contributed by atoms with Crippen LogP contribution in [0.2, 0.25) is 0 Å². The molecule has 0 saturated heterocycles. The first-order chi connectivity index (χ1) is 8.98. The maximum Gasteiger partial charge on any atom is 0.254 e. The van der Waals surface area contributed by atoms with Gasteiger partial charge in [-0.15, -0.1) is 0 Å². The number of thioether (sulfide) groups is 1. The summed E-state index contributed by atoms with van der Waals surface area (Å²) in [6, 6.07) is 4.46. The molecule has 0 atom stereocenters. The van der Waals surface area contributed by atoms with E-state index in [1.807, 2.05) is 6.26 Å². The van der Waals surface area contributed by atoms with Crippen LogP contribution in [0.4, 0.5) is 4.39 Å². The third-order valence-electron chi connectivity index (χ3n) is 3.47. The predicted molar refractivity (Wildman–Crippen MR) is 83.3 cm³/mol. The summed E-state index contributed by atoms with van der Waals surface area (Å²) in [6.07, 6.45) is 3.97. The van der Waals surface area contributed by atoms with Gasteiger partial charge in [-0.1, -0.05) is 29.8 Å². The van der Waals surface area contributed by atoms with Crippen molar-refractivity contribution in [2.45, 2.75) is 31.4 Å². The number of carbonyl (C=O) groups excluding carboxylic acids is 1. The summed E-state index contributed by atoms with van der Waals surface area (Å²) in [4.78, 5) is 12.0. The summed E-state index contributed by atoms with van der Waals surface area (Å²) in [7, 11) is 0. The third-order valence-corrected chi connectivity index (χ3v) is 5.55. The molecule has 19 heavy (non-hydrogen) atoms. The molecular formula is C14H19BrFNOS. The van der Waals surface area contributed by atoms with Crippen molar-refractivity contribution in [2.75, 3.05) is 12.8 Å². The summed E-state index contributed by atoms with van der Waals surface area (Å²) in [5, 5.41) is 2.84. The van der Waals surface area contributed by atoms with Crippen LogP contribution in [0.15, 0.2) is 22.7 Å². The quantitative estimate of drug-likeness (QED) is 0.833. The zero-order valence-corrected chi connectivity index (χ0v) is 13.8. The molecule has 0 spiro atoms. The van der Waals surface area contributed by atoms with E-state index in [0.717, 1.165) is 12.8 Å². The Morgan fingerprint density at radius 2 is 2.05 bits per heavy atom. The molecule has 2 nitrogen and oxygen atoms in total. The van der Waals surface area contributed by atoms with E-state index in [2.05, 4.69) is 35.1 Å². The molecule has 1 aromatic carbocycles. The fourth-order valence-corrected chi connectivity index (χ4v) is 3.00. The van der Waals surface area contributed by atoms with E-state index in [0.29, 0.717) is 11.0 Å². The highest BCUT2D eigenvalue weighted by molar-refractivity contribution is 9.10. The molecule has 0 heterocycles. The Morgan fingerprint density at radius 3 is 2.53 bits per heavy atom. The van der Waals surface area contributed by atoms with Gasteiger partial charge in [-0.05, 0) is 37.3 Å². The highest BCUT2D eigenvalue weighted by Gasteiger charge is 2.26. The Bertz CT molecular complexity index is 441. The SMILES string of the molecule is CCC(CC)(CNC(=O)c1ccc(Br)cc1F)SC. The largest absolute Gasteiger partial charge is 0.351 e. The van der Waals surface area contributed by atoms with Crippen LogP contribution in [0, 0.1) is 5.82 Å². The highest BCUT2D eigenvalue weighted by atomic mass is 79.9. The van der Waals surface area contributed by atoms with Crippen molar-refractivity contribution in [1.29, 1.82) is 0 Å². The van der Waals surface area contributed by atoms with Crippen LogP contribution in [-0.2, 0) is 0 Å². The highest BCUT2D eigenvalue weighted by Crippen LogP contribution is 2.29. The molecule has 0 radical (unpaired) electrons. The van der Waals surface area contributed by atoms with Gasteiger partial charge in [0.05, 0.1) is 5.56 Å². The number of amides is 1. The Hall–Kier alpha value is -0.550. The number of halogens is 2. The fraction of sp³-hybridized carbons (Fsp3) is 0.500. The van der Waals surface area contributed by atoms with Crippen molar-refractivity contribution in [1.82, 2.24) is 5.32 Å². The molecular weight excluding hydrogens is 329 g/mol. The molecule has 0 aliphatic rings. The van der Waals surface area contributed by atoms with Crippen molar-refractivity contribution >= 4 is 33.6 Å². The minimum absolute atomic E-state index is 0.0293. The summed E-state index contributed by atoms with van der Waals surface area (Å²) in [6.45, 7) is 4.76. The van der Waals surface area contributed by atoms with Gasteiger partial charge >= 0.3 is 0 Å². The Morgan fingerprint density at radius 1 is 1.42 bits per heavy atom. The van der Waals surface area contributed by atoms with Crippen LogP contribution in [0.5, 0.6) is 0 Å². The van der Waals surface area contributed by atoms with Gasteiger partial charge in [0.1, 0.15) is 5.82 Å². The molecule has 0 fully saturated rings. The normalized spacial score (nSPS) is 11.4. The van der Waals surface area contributed by atoms with E-state index >= 15 is 0 Å². The number of rotatable bonds is 6. The second kappa shape index (κ2) is 7.29. The van der Waals surface area contributed by atoms with Gasteiger partial charge in [-0.3, -0.25) is 4.79 Å². The summed E-state index contributed by atoms with van der Waals surface area (Å²) in [5.74, 6) is -0.861. The average molecular weight is 348 g/mol. The first-order valence-corrected chi connectivity index (χ1v) is 8.28. The van der Waals surface area contributed by atoms with Gasteiger partial charge in [0.25, 0.3) is 5.91 Å². The van der Waals surface area contributed by atoms with Gasteiger partial charge in [0.2, 0.25) is 0 Å². The van der Waals surface area contributed by atoms with Crippen molar-refractivity contribution < 1.29 is 9.18 Å². The summed E-state index contributed by atoms with van der Waals surface area (Å²) >= 11 is 4.92. The minimum atomic E-state index is -0.505. The lowest BCUT2D eigenvalue weighted by atomic mass is 10.0. The molecule has 1 amide bonds. The van der Waals surface area contributed by atoms with Crippen molar-refractivity contribution in [3.8, 4) is 0 Å². The molecule has 5 heteroatoms. The molecule has 1 aromatic rings. The van der Waals surface area contributed by atoms with Gasteiger partial charge in [0.15, 0.2) is 0 Å². The first kappa shape index (κ1) is 16.5. The van der Waals surface area contributed by atoms with Crippen LogP contribution in [0.1, 0.15) is 37.0 Å². The second-order valence-electron chi connectivity index (χ2n) is 4.40.